The van der Waals surface area contributed by atoms with Crippen LogP contribution in [0.2, 0.25) is 0 Å². The summed E-state index contributed by atoms with van der Waals surface area (Å²) in [5, 5.41) is 2.89. The van der Waals surface area contributed by atoms with Crippen molar-refractivity contribution >= 4 is 24.0 Å². The molecule has 0 aliphatic rings. The number of nitrogens with zero attached hydrogens (tertiary/aromatic N) is 3. The SMILES string of the molecule is CCCCCCC(C)c1nccc(Nc2cc(OC(F)(F)F)ccn2)n1.Cl. The summed E-state index contributed by atoms with van der Waals surface area (Å²) in [6.45, 7) is 4.24. The van der Waals surface area contributed by atoms with Gasteiger partial charge < -0.3 is 10.1 Å². The van der Waals surface area contributed by atoms with E-state index in [1.54, 1.807) is 12.3 Å². The monoisotopic (exact) mass is 404 g/mol. The molecule has 0 aliphatic carbocycles. The summed E-state index contributed by atoms with van der Waals surface area (Å²) in [5.41, 5.74) is 0. The molecular weight excluding hydrogens is 381 g/mol. The Labute approximate surface area is 163 Å². The van der Waals surface area contributed by atoms with Gasteiger partial charge in [0.25, 0.3) is 0 Å². The van der Waals surface area contributed by atoms with Crippen LogP contribution in [0.3, 0.4) is 0 Å². The number of alkyl halides is 3. The van der Waals surface area contributed by atoms with Crippen molar-refractivity contribution in [3.8, 4) is 5.75 Å². The number of unbranched alkanes of at least 4 members (excludes halogenated alkanes) is 3. The Balaban J connectivity index is 0.00000364. The van der Waals surface area contributed by atoms with E-state index < -0.39 is 6.36 Å². The Morgan fingerprint density at radius 1 is 1.07 bits per heavy atom. The summed E-state index contributed by atoms with van der Waals surface area (Å²) in [6.07, 6.45) is 3.84. The zero-order chi connectivity index (χ0) is 19.0. The number of rotatable bonds is 9. The minimum Gasteiger partial charge on any atom is -0.406 e. The fraction of sp³-hybridized carbons (Fsp3) is 0.500. The van der Waals surface area contributed by atoms with Crippen LogP contribution in [0.25, 0.3) is 0 Å². The highest BCUT2D eigenvalue weighted by atomic mass is 35.5. The number of ether oxygens (including phenoxy) is 1. The lowest BCUT2D eigenvalue weighted by atomic mass is 10.0. The molecule has 1 atom stereocenters. The molecule has 1 N–H and O–H groups in total. The molecule has 0 spiro atoms. The third-order valence-corrected chi connectivity index (χ3v) is 3.83. The number of halogens is 4. The Morgan fingerprint density at radius 3 is 2.52 bits per heavy atom. The third kappa shape index (κ3) is 8.43. The minimum absolute atomic E-state index is 0. The van der Waals surface area contributed by atoms with Gasteiger partial charge in [0, 0.05) is 24.4 Å². The standard InChI is InChI=1S/C18H23F3N4O.ClH/c1-3-4-5-6-7-13(2)17-23-11-9-15(25-17)24-16-12-14(8-10-22-16)26-18(19,20)21;/h8-13H,3-7H2,1-2H3,(H,22,23,24,25);1H. The second-order valence-electron chi connectivity index (χ2n) is 6.10. The predicted octanol–water partition coefficient (Wildman–Crippen LogP) is 6.01. The number of anilines is 2. The van der Waals surface area contributed by atoms with Gasteiger partial charge in [0.05, 0.1) is 0 Å². The van der Waals surface area contributed by atoms with Crippen LogP contribution in [0, 0.1) is 0 Å². The molecule has 0 saturated carbocycles. The zero-order valence-electron chi connectivity index (χ0n) is 15.3. The van der Waals surface area contributed by atoms with Gasteiger partial charge in [0.2, 0.25) is 0 Å². The van der Waals surface area contributed by atoms with Gasteiger partial charge in [-0.2, -0.15) is 0 Å². The van der Waals surface area contributed by atoms with E-state index in [0.29, 0.717) is 11.6 Å². The van der Waals surface area contributed by atoms with Gasteiger partial charge in [-0.15, -0.1) is 25.6 Å². The highest BCUT2D eigenvalue weighted by molar-refractivity contribution is 5.85. The van der Waals surface area contributed by atoms with E-state index in [0.717, 1.165) is 18.9 Å². The molecule has 0 saturated heterocycles. The van der Waals surface area contributed by atoms with Gasteiger partial charge in [0.15, 0.2) is 0 Å². The first kappa shape index (κ1) is 23.0. The Kier molecular flexibility index (Phi) is 9.28. The average Bonchev–Trinajstić information content (AvgIpc) is 2.57. The lowest BCUT2D eigenvalue weighted by Gasteiger charge is -2.12. The first-order valence-corrected chi connectivity index (χ1v) is 8.69. The summed E-state index contributed by atoms with van der Waals surface area (Å²) in [6, 6.07) is 3.96. The van der Waals surface area contributed by atoms with Crippen LogP contribution in [-0.2, 0) is 0 Å². The summed E-state index contributed by atoms with van der Waals surface area (Å²) in [5.74, 6) is 1.27. The smallest absolute Gasteiger partial charge is 0.406 e. The van der Waals surface area contributed by atoms with Crippen LogP contribution in [0.1, 0.15) is 57.7 Å². The molecule has 0 amide bonds. The van der Waals surface area contributed by atoms with Crippen LogP contribution in [0.15, 0.2) is 30.6 Å². The van der Waals surface area contributed by atoms with Gasteiger partial charge in [-0.1, -0.05) is 39.5 Å². The maximum atomic E-state index is 12.3. The van der Waals surface area contributed by atoms with E-state index in [4.69, 9.17) is 0 Å². The van der Waals surface area contributed by atoms with Crippen molar-refractivity contribution < 1.29 is 17.9 Å². The maximum absolute atomic E-state index is 12.3. The molecule has 2 aromatic rings. The maximum Gasteiger partial charge on any atom is 0.573 e. The fourth-order valence-electron chi connectivity index (χ4n) is 2.50. The van der Waals surface area contributed by atoms with E-state index in [1.165, 1.54) is 31.5 Å². The number of hydrogen-bond donors (Lipinski definition) is 1. The van der Waals surface area contributed by atoms with Crippen molar-refractivity contribution in [2.75, 3.05) is 5.32 Å². The Bertz CT molecular complexity index is 700. The molecule has 2 heterocycles. The summed E-state index contributed by atoms with van der Waals surface area (Å²) < 4.78 is 40.8. The Hall–Kier alpha value is -2.09. The van der Waals surface area contributed by atoms with Crippen molar-refractivity contribution in [3.63, 3.8) is 0 Å². The molecule has 0 bridgehead atoms. The first-order valence-electron chi connectivity index (χ1n) is 8.69. The molecular formula is C18H24ClF3N4O. The van der Waals surface area contributed by atoms with Crippen molar-refractivity contribution in [1.82, 2.24) is 15.0 Å². The van der Waals surface area contributed by atoms with Gasteiger partial charge in [-0.3, -0.25) is 0 Å². The third-order valence-electron chi connectivity index (χ3n) is 3.83. The summed E-state index contributed by atoms with van der Waals surface area (Å²) in [7, 11) is 0. The topological polar surface area (TPSA) is 59.9 Å². The van der Waals surface area contributed by atoms with Crippen molar-refractivity contribution in [1.29, 1.82) is 0 Å². The molecule has 150 valence electrons. The minimum atomic E-state index is -4.74. The summed E-state index contributed by atoms with van der Waals surface area (Å²) >= 11 is 0. The normalized spacial score (nSPS) is 12.2. The quantitative estimate of drug-likeness (QED) is 0.518. The van der Waals surface area contributed by atoms with Gasteiger partial charge in [-0.05, 0) is 18.6 Å². The molecule has 2 aromatic heterocycles. The van der Waals surface area contributed by atoms with E-state index >= 15 is 0 Å². The highest BCUT2D eigenvalue weighted by Crippen LogP contribution is 2.25. The van der Waals surface area contributed by atoms with Crippen LogP contribution in [0.4, 0.5) is 24.8 Å². The summed E-state index contributed by atoms with van der Waals surface area (Å²) in [4.78, 5) is 12.7. The van der Waals surface area contributed by atoms with Crippen LogP contribution < -0.4 is 10.1 Å². The van der Waals surface area contributed by atoms with E-state index in [1.807, 2.05) is 0 Å². The lowest BCUT2D eigenvalue weighted by molar-refractivity contribution is -0.274. The van der Waals surface area contributed by atoms with Crippen molar-refractivity contribution in [2.45, 2.75) is 58.2 Å². The van der Waals surface area contributed by atoms with E-state index in [2.05, 4.69) is 38.9 Å². The molecule has 0 radical (unpaired) electrons. The number of aromatic nitrogens is 3. The van der Waals surface area contributed by atoms with E-state index in [-0.39, 0.29) is 29.9 Å². The second-order valence-corrected chi connectivity index (χ2v) is 6.10. The Morgan fingerprint density at radius 2 is 1.81 bits per heavy atom. The number of hydrogen-bond acceptors (Lipinski definition) is 5. The van der Waals surface area contributed by atoms with Gasteiger partial charge >= 0.3 is 6.36 Å². The zero-order valence-corrected chi connectivity index (χ0v) is 16.1. The lowest BCUT2D eigenvalue weighted by Crippen LogP contribution is -2.17. The average molecular weight is 405 g/mol. The molecule has 2 rings (SSSR count). The van der Waals surface area contributed by atoms with E-state index in [9.17, 15) is 13.2 Å². The van der Waals surface area contributed by atoms with Crippen LogP contribution >= 0.6 is 12.4 Å². The predicted molar refractivity (Wildman–Crippen MR) is 101 cm³/mol. The second kappa shape index (κ2) is 10.9. The highest BCUT2D eigenvalue weighted by Gasteiger charge is 2.31. The fourth-order valence-corrected chi connectivity index (χ4v) is 2.50. The van der Waals surface area contributed by atoms with Gasteiger partial charge in [0.1, 0.15) is 23.2 Å². The first-order chi connectivity index (χ1) is 12.4. The van der Waals surface area contributed by atoms with Crippen molar-refractivity contribution in [2.24, 2.45) is 0 Å². The largest absolute Gasteiger partial charge is 0.573 e. The molecule has 1 unspecified atom stereocenters. The molecule has 0 aliphatic heterocycles. The molecule has 9 heteroatoms. The molecule has 0 aromatic carbocycles. The molecule has 5 nitrogen and oxygen atoms in total. The molecule has 0 fully saturated rings. The van der Waals surface area contributed by atoms with Crippen molar-refractivity contribution in [3.05, 3.63) is 36.4 Å². The number of nitrogens with one attached hydrogen (secondary N) is 1. The van der Waals surface area contributed by atoms with Gasteiger partial charge in [-0.25, -0.2) is 15.0 Å². The molecule has 27 heavy (non-hydrogen) atoms. The van der Waals surface area contributed by atoms with Crippen LogP contribution in [0.5, 0.6) is 5.75 Å². The number of pyridine rings is 1. The van der Waals surface area contributed by atoms with Crippen LogP contribution in [-0.4, -0.2) is 21.3 Å².